The monoisotopic (exact) mass is 320 g/mol. The molecule has 9 heteroatoms. The number of nitro groups is 1. The van der Waals surface area contributed by atoms with Crippen molar-refractivity contribution in [3.8, 4) is 11.6 Å². The fourth-order valence-electron chi connectivity index (χ4n) is 2.03. The van der Waals surface area contributed by atoms with Gasteiger partial charge in [0.05, 0.1) is 11.5 Å². The topological polar surface area (TPSA) is 120 Å². The number of aryl methyl sites for hydroxylation is 2. The molecule has 0 unspecified atom stereocenters. The fraction of sp³-hybridized carbons (Fsp3) is 0.286. The lowest BCUT2D eigenvalue weighted by molar-refractivity contribution is -0.386. The Morgan fingerprint density at radius 1 is 1.52 bits per heavy atom. The van der Waals surface area contributed by atoms with Crippen molar-refractivity contribution in [3.05, 3.63) is 45.6 Å². The van der Waals surface area contributed by atoms with E-state index in [1.165, 1.54) is 24.7 Å². The highest BCUT2D eigenvalue weighted by molar-refractivity contribution is 5.94. The number of benzene rings is 1. The van der Waals surface area contributed by atoms with Crippen LogP contribution in [0, 0.1) is 17.0 Å². The SMILES string of the molecule is Cc1nn(C)c(Oc2cccc(C(=O)NCCO)c2)c1[N+](=O)[O-]. The lowest BCUT2D eigenvalue weighted by Crippen LogP contribution is -2.26. The molecule has 23 heavy (non-hydrogen) atoms. The molecule has 2 aromatic rings. The maximum Gasteiger partial charge on any atom is 0.353 e. The molecule has 2 rings (SSSR count). The molecule has 0 radical (unpaired) electrons. The van der Waals surface area contributed by atoms with Gasteiger partial charge in [-0.1, -0.05) is 6.07 Å². The largest absolute Gasteiger partial charge is 0.434 e. The summed E-state index contributed by atoms with van der Waals surface area (Å²) in [7, 11) is 1.53. The van der Waals surface area contributed by atoms with E-state index in [1.54, 1.807) is 18.2 Å². The number of aliphatic hydroxyl groups excluding tert-OH is 1. The summed E-state index contributed by atoms with van der Waals surface area (Å²) in [5.74, 6) is -0.117. The Morgan fingerprint density at radius 2 is 2.26 bits per heavy atom. The Morgan fingerprint density at radius 3 is 2.91 bits per heavy atom. The Labute approximate surface area is 131 Å². The lowest BCUT2D eigenvalue weighted by Gasteiger charge is -2.07. The van der Waals surface area contributed by atoms with E-state index < -0.39 is 4.92 Å². The summed E-state index contributed by atoms with van der Waals surface area (Å²) >= 11 is 0. The molecule has 1 aromatic carbocycles. The number of rotatable bonds is 6. The van der Waals surface area contributed by atoms with Gasteiger partial charge < -0.3 is 15.2 Å². The quantitative estimate of drug-likeness (QED) is 0.608. The van der Waals surface area contributed by atoms with Crippen molar-refractivity contribution in [1.82, 2.24) is 15.1 Å². The number of aliphatic hydroxyl groups is 1. The molecule has 0 saturated heterocycles. The lowest BCUT2D eigenvalue weighted by atomic mass is 10.2. The molecule has 122 valence electrons. The predicted molar refractivity (Wildman–Crippen MR) is 80.5 cm³/mol. The number of carbonyl (C=O) groups excluding carboxylic acids is 1. The summed E-state index contributed by atoms with van der Waals surface area (Å²) in [6.07, 6.45) is 0. The molecule has 0 saturated carbocycles. The van der Waals surface area contributed by atoms with Gasteiger partial charge in [0, 0.05) is 19.2 Å². The van der Waals surface area contributed by atoms with Gasteiger partial charge in [0.25, 0.3) is 11.8 Å². The molecule has 2 N–H and O–H groups in total. The van der Waals surface area contributed by atoms with Crippen molar-refractivity contribution in [3.63, 3.8) is 0 Å². The zero-order valence-electron chi connectivity index (χ0n) is 12.6. The van der Waals surface area contributed by atoms with Gasteiger partial charge >= 0.3 is 5.69 Å². The smallest absolute Gasteiger partial charge is 0.353 e. The number of aromatic nitrogens is 2. The van der Waals surface area contributed by atoms with Gasteiger partial charge in [-0.25, -0.2) is 4.68 Å². The maximum absolute atomic E-state index is 11.9. The van der Waals surface area contributed by atoms with Crippen LogP contribution in [0.4, 0.5) is 5.69 Å². The second-order valence-electron chi connectivity index (χ2n) is 4.73. The predicted octanol–water partition coefficient (Wildman–Crippen LogP) is 1.15. The van der Waals surface area contributed by atoms with Crippen LogP contribution >= 0.6 is 0 Å². The van der Waals surface area contributed by atoms with Crippen LogP contribution in [0.15, 0.2) is 24.3 Å². The number of nitrogens with one attached hydrogen (secondary N) is 1. The normalized spacial score (nSPS) is 10.4. The van der Waals surface area contributed by atoms with E-state index in [9.17, 15) is 14.9 Å². The van der Waals surface area contributed by atoms with Gasteiger partial charge in [0.15, 0.2) is 0 Å². The van der Waals surface area contributed by atoms with Gasteiger partial charge in [0.1, 0.15) is 11.4 Å². The van der Waals surface area contributed by atoms with Crippen LogP contribution in [0.1, 0.15) is 16.1 Å². The highest BCUT2D eigenvalue weighted by atomic mass is 16.6. The van der Waals surface area contributed by atoms with Crippen molar-refractivity contribution in [2.24, 2.45) is 7.05 Å². The van der Waals surface area contributed by atoms with E-state index in [0.717, 1.165) is 0 Å². The molecular formula is C14H16N4O5. The third-order valence-corrected chi connectivity index (χ3v) is 3.03. The summed E-state index contributed by atoms with van der Waals surface area (Å²) in [6.45, 7) is 1.49. The van der Waals surface area contributed by atoms with Crippen molar-refractivity contribution >= 4 is 11.6 Å². The first-order valence-corrected chi connectivity index (χ1v) is 6.79. The van der Waals surface area contributed by atoms with Gasteiger partial charge in [-0.2, -0.15) is 5.10 Å². The molecule has 9 nitrogen and oxygen atoms in total. The summed E-state index contributed by atoms with van der Waals surface area (Å²) in [5, 5.41) is 26.3. The molecule has 1 aromatic heterocycles. The van der Waals surface area contributed by atoms with Crippen molar-refractivity contribution < 1.29 is 19.6 Å². The zero-order chi connectivity index (χ0) is 17.0. The van der Waals surface area contributed by atoms with Gasteiger partial charge in [-0.05, 0) is 25.1 Å². The summed E-state index contributed by atoms with van der Waals surface area (Å²) in [4.78, 5) is 22.4. The summed E-state index contributed by atoms with van der Waals surface area (Å²) < 4.78 is 6.82. The first kappa shape index (κ1) is 16.4. The fourth-order valence-corrected chi connectivity index (χ4v) is 2.03. The molecule has 0 bridgehead atoms. The van der Waals surface area contributed by atoms with Crippen molar-refractivity contribution in [2.45, 2.75) is 6.92 Å². The standard InChI is InChI=1S/C14H16N4O5/c1-9-12(18(21)22)14(17(2)16-9)23-11-5-3-4-10(8-11)13(20)15-6-7-19/h3-5,8,19H,6-7H2,1-2H3,(H,15,20). The summed E-state index contributed by atoms with van der Waals surface area (Å²) in [6, 6.07) is 6.20. The minimum atomic E-state index is -0.560. The highest BCUT2D eigenvalue weighted by Crippen LogP contribution is 2.33. The Balaban J connectivity index is 2.28. The number of ether oxygens (including phenoxy) is 1. The second kappa shape index (κ2) is 6.88. The van der Waals surface area contributed by atoms with Crippen molar-refractivity contribution in [1.29, 1.82) is 0 Å². The third-order valence-electron chi connectivity index (χ3n) is 3.03. The highest BCUT2D eigenvalue weighted by Gasteiger charge is 2.26. The van der Waals surface area contributed by atoms with Crippen LogP contribution in [0.5, 0.6) is 11.6 Å². The number of amides is 1. The van der Waals surface area contributed by atoms with Gasteiger partial charge in [-0.3, -0.25) is 14.9 Å². The second-order valence-corrected chi connectivity index (χ2v) is 4.73. The van der Waals surface area contributed by atoms with E-state index in [2.05, 4.69) is 10.4 Å². The van der Waals surface area contributed by atoms with Crippen LogP contribution in [-0.2, 0) is 7.05 Å². The molecule has 0 aliphatic rings. The van der Waals surface area contributed by atoms with Gasteiger partial charge in [-0.15, -0.1) is 0 Å². The maximum atomic E-state index is 11.9. The number of nitrogens with zero attached hydrogens (tertiary/aromatic N) is 3. The third kappa shape index (κ3) is 3.64. The van der Waals surface area contributed by atoms with Gasteiger partial charge in [0.2, 0.25) is 0 Å². The Bertz CT molecular complexity index is 741. The van der Waals surface area contributed by atoms with Crippen LogP contribution in [0.25, 0.3) is 0 Å². The molecule has 0 atom stereocenters. The molecule has 1 amide bonds. The number of hydrogen-bond acceptors (Lipinski definition) is 6. The Kier molecular flexibility index (Phi) is 4.91. The number of hydrogen-bond donors (Lipinski definition) is 2. The molecule has 0 spiro atoms. The van der Waals surface area contributed by atoms with E-state index in [-0.39, 0.29) is 42.1 Å². The summed E-state index contributed by atoms with van der Waals surface area (Å²) in [5.41, 5.74) is 0.337. The average molecular weight is 320 g/mol. The first-order valence-electron chi connectivity index (χ1n) is 6.79. The average Bonchev–Trinajstić information content (AvgIpc) is 2.79. The van der Waals surface area contributed by atoms with Crippen LogP contribution in [-0.4, -0.2) is 38.9 Å². The van der Waals surface area contributed by atoms with E-state index in [4.69, 9.17) is 9.84 Å². The van der Waals surface area contributed by atoms with Crippen molar-refractivity contribution in [2.75, 3.05) is 13.2 Å². The molecule has 1 heterocycles. The number of carbonyl (C=O) groups is 1. The minimum absolute atomic E-state index is 0.0135. The zero-order valence-corrected chi connectivity index (χ0v) is 12.6. The molecule has 0 aliphatic carbocycles. The van der Waals surface area contributed by atoms with Crippen LogP contribution < -0.4 is 10.1 Å². The Hall–Kier alpha value is -2.94. The van der Waals surface area contributed by atoms with E-state index >= 15 is 0 Å². The first-order chi connectivity index (χ1) is 10.9. The van der Waals surface area contributed by atoms with E-state index in [0.29, 0.717) is 5.56 Å². The van der Waals surface area contributed by atoms with Crippen LogP contribution in [0.3, 0.4) is 0 Å². The minimum Gasteiger partial charge on any atom is -0.434 e. The van der Waals surface area contributed by atoms with E-state index in [1.807, 2.05) is 0 Å². The molecule has 0 fully saturated rings. The molecular weight excluding hydrogens is 304 g/mol. The molecule has 0 aliphatic heterocycles. The van der Waals surface area contributed by atoms with Crippen LogP contribution in [0.2, 0.25) is 0 Å².